The van der Waals surface area contributed by atoms with Gasteiger partial charge < -0.3 is 10.2 Å². The van der Waals surface area contributed by atoms with Crippen LogP contribution < -0.4 is 5.73 Å². The van der Waals surface area contributed by atoms with Crippen LogP contribution in [0.25, 0.3) is 0 Å². The number of hydrogen-bond acceptors (Lipinski definition) is 4. The zero-order chi connectivity index (χ0) is 18.7. The monoisotopic (exact) mass is 358 g/mol. The number of carbonyl (C=O) groups excluding carboxylic acids is 1. The number of amides is 1. The van der Waals surface area contributed by atoms with Crippen LogP contribution in [0.1, 0.15) is 68.3 Å². The maximum atomic E-state index is 11.6. The first kappa shape index (κ1) is 18.7. The largest absolute Gasteiger partial charge is 0.455 e. The summed E-state index contributed by atoms with van der Waals surface area (Å²) in [5.74, 6) is 0.619. The van der Waals surface area contributed by atoms with Crippen molar-refractivity contribution in [1.82, 2.24) is 14.7 Å². The molecule has 3 heterocycles. The van der Waals surface area contributed by atoms with Crippen LogP contribution in [-0.4, -0.2) is 33.2 Å². The SMILES string of the molecule is CC(C)(C)c1oc(C(N)=O)cc1CN1CCCCC1CCn1cccn1. The zero-order valence-corrected chi connectivity index (χ0v) is 16.1. The van der Waals surface area contributed by atoms with Crippen LogP contribution in [0, 0.1) is 0 Å². The number of piperidine rings is 1. The van der Waals surface area contributed by atoms with Crippen LogP contribution in [0.5, 0.6) is 0 Å². The van der Waals surface area contributed by atoms with Gasteiger partial charge in [0.2, 0.25) is 0 Å². The lowest BCUT2D eigenvalue weighted by Crippen LogP contribution is -2.39. The summed E-state index contributed by atoms with van der Waals surface area (Å²) in [5, 5.41) is 4.31. The van der Waals surface area contributed by atoms with Crippen molar-refractivity contribution in [2.45, 2.75) is 71.0 Å². The average Bonchev–Trinajstić information content (AvgIpc) is 3.23. The molecule has 2 N–H and O–H groups in total. The van der Waals surface area contributed by atoms with E-state index in [9.17, 15) is 4.79 Å². The minimum atomic E-state index is -0.504. The van der Waals surface area contributed by atoms with E-state index in [1.807, 2.05) is 29.2 Å². The Labute approximate surface area is 155 Å². The van der Waals surface area contributed by atoms with Gasteiger partial charge >= 0.3 is 0 Å². The Morgan fingerprint density at radius 1 is 1.38 bits per heavy atom. The Balaban J connectivity index is 1.75. The number of rotatable bonds is 6. The van der Waals surface area contributed by atoms with Crippen molar-refractivity contribution in [2.75, 3.05) is 6.54 Å². The lowest BCUT2D eigenvalue weighted by molar-refractivity contribution is 0.0970. The molecule has 1 aliphatic rings. The first-order valence-corrected chi connectivity index (χ1v) is 9.49. The van der Waals surface area contributed by atoms with Crippen LogP contribution in [0.15, 0.2) is 28.9 Å². The molecule has 1 amide bonds. The standard InChI is InChI=1S/C20H30N4O2/c1-20(2,3)18-15(13-17(26-18)19(21)25)14-23-10-5-4-7-16(23)8-12-24-11-6-9-22-24/h6,9,11,13,16H,4-5,7-8,10,12,14H2,1-3H3,(H2,21,25). The number of likely N-dealkylation sites (tertiary alicyclic amines) is 1. The molecule has 1 atom stereocenters. The summed E-state index contributed by atoms with van der Waals surface area (Å²) in [6.45, 7) is 9.11. The summed E-state index contributed by atoms with van der Waals surface area (Å²) in [6, 6.07) is 4.32. The van der Waals surface area contributed by atoms with E-state index in [0.29, 0.717) is 6.04 Å². The second-order valence-electron chi connectivity index (χ2n) is 8.26. The van der Waals surface area contributed by atoms with Crippen molar-refractivity contribution in [1.29, 1.82) is 0 Å². The van der Waals surface area contributed by atoms with Crippen molar-refractivity contribution < 1.29 is 9.21 Å². The van der Waals surface area contributed by atoms with Crippen LogP contribution in [0.3, 0.4) is 0 Å². The molecule has 1 saturated heterocycles. The summed E-state index contributed by atoms with van der Waals surface area (Å²) >= 11 is 0. The van der Waals surface area contributed by atoms with Crippen molar-refractivity contribution in [3.05, 3.63) is 41.6 Å². The molecule has 0 aliphatic carbocycles. The Hall–Kier alpha value is -2.08. The van der Waals surface area contributed by atoms with Gasteiger partial charge in [-0.3, -0.25) is 14.4 Å². The lowest BCUT2D eigenvalue weighted by atomic mass is 9.89. The van der Waals surface area contributed by atoms with Gasteiger partial charge in [0.25, 0.3) is 5.91 Å². The summed E-state index contributed by atoms with van der Waals surface area (Å²) in [6.07, 6.45) is 8.60. The van der Waals surface area contributed by atoms with Gasteiger partial charge in [0.1, 0.15) is 5.76 Å². The fraction of sp³-hybridized carbons (Fsp3) is 0.600. The van der Waals surface area contributed by atoms with E-state index in [4.69, 9.17) is 10.2 Å². The Kier molecular flexibility index (Phi) is 5.51. The Morgan fingerprint density at radius 2 is 2.19 bits per heavy atom. The maximum Gasteiger partial charge on any atom is 0.284 e. The number of hydrogen-bond donors (Lipinski definition) is 1. The lowest BCUT2D eigenvalue weighted by Gasteiger charge is -2.36. The van der Waals surface area contributed by atoms with Gasteiger partial charge in [-0.25, -0.2) is 0 Å². The third-order valence-corrected chi connectivity index (χ3v) is 5.11. The number of carbonyl (C=O) groups is 1. The van der Waals surface area contributed by atoms with E-state index >= 15 is 0 Å². The molecule has 3 rings (SSSR count). The molecule has 1 aliphatic heterocycles. The number of furan rings is 1. The van der Waals surface area contributed by atoms with Gasteiger partial charge in [-0.05, 0) is 37.9 Å². The number of aromatic nitrogens is 2. The van der Waals surface area contributed by atoms with E-state index in [-0.39, 0.29) is 11.2 Å². The Bertz CT molecular complexity index is 728. The summed E-state index contributed by atoms with van der Waals surface area (Å²) in [4.78, 5) is 14.1. The molecule has 1 fully saturated rings. The smallest absolute Gasteiger partial charge is 0.284 e. The molecule has 0 aromatic carbocycles. The normalized spacial score (nSPS) is 19.0. The number of nitrogens with zero attached hydrogens (tertiary/aromatic N) is 3. The Morgan fingerprint density at radius 3 is 2.85 bits per heavy atom. The van der Waals surface area contributed by atoms with Gasteiger partial charge in [0, 0.05) is 42.5 Å². The first-order chi connectivity index (χ1) is 12.3. The topological polar surface area (TPSA) is 77.3 Å². The summed E-state index contributed by atoms with van der Waals surface area (Å²) in [5.41, 5.74) is 6.36. The number of primary amides is 1. The minimum absolute atomic E-state index is 0.163. The number of aryl methyl sites for hydroxylation is 1. The molecule has 0 bridgehead atoms. The zero-order valence-electron chi connectivity index (χ0n) is 16.1. The molecule has 0 saturated carbocycles. The fourth-order valence-corrected chi connectivity index (χ4v) is 3.83. The quantitative estimate of drug-likeness (QED) is 0.859. The van der Waals surface area contributed by atoms with Gasteiger partial charge in [-0.1, -0.05) is 27.2 Å². The fourth-order valence-electron chi connectivity index (χ4n) is 3.83. The van der Waals surface area contributed by atoms with Crippen LogP contribution in [0.2, 0.25) is 0 Å². The molecular formula is C20H30N4O2. The predicted molar refractivity (Wildman–Crippen MR) is 101 cm³/mol. The van der Waals surface area contributed by atoms with Gasteiger partial charge in [0.15, 0.2) is 5.76 Å². The molecule has 6 nitrogen and oxygen atoms in total. The predicted octanol–water partition coefficient (Wildman–Crippen LogP) is 3.32. The summed E-state index contributed by atoms with van der Waals surface area (Å²) < 4.78 is 7.82. The molecule has 142 valence electrons. The van der Waals surface area contributed by atoms with Crippen LogP contribution in [-0.2, 0) is 18.5 Å². The third kappa shape index (κ3) is 4.36. The molecule has 2 aromatic heterocycles. The highest BCUT2D eigenvalue weighted by atomic mass is 16.4. The van der Waals surface area contributed by atoms with E-state index in [2.05, 4.69) is 30.8 Å². The average molecular weight is 358 g/mol. The molecule has 1 unspecified atom stereocenters. The van der Waals surface area contributed by atoms with E-state index in [1.165, 1.54) is 19.3 Å². The first-order valence-electron chi connectivity index (χ1n) is 9.49. The highest BCUT2D eigenvalue weighted by Gasteiger charge is 2.29. The van der Waals surface area contributed by atoms with Gasteiger partial charge in [-0.15, -0.1) is 0 Å². The third-order valence-electron chi connectivity index (χ3n) is 5.11. The van der Waals surface area contributed by atoms with Crippen molar-refractivity contribution in [3.63, 3.8) is 0 Å². The van der Waals surface area contributed by atoms with E-state index in [0.717, 1.165) is 37.4 Å². The molecule has 26 heavy (non-hydrogen) atoms. The van der Waals surface area contributed by atoms with Crippen molar-refractivity contribution >= 4 is 5.91 Å². The molecule has 2 aromatic rings. The van der Waals surface area contributed by atoms with E-state index in [1.54, 1.807) is 0 Å². The highest BCUT2D eigenvalue weighted by molar-refractivity contribution is 5.90. The second-order valence-corrected chi connectivity index (χ2v) is 8.26. The van der Waals surface area contributed by atoms with Crippen molar-refractivity contribution in [3.8, 4) is 0 Å². The maximum absolute atomic E-state index is 11.6. The van der Waals surface area contributed by atoms with Crippen LogP contribution >= 0.6 is 0 Å². The van der Waals surface area contributed by atoms with Gasteiger partial charge in [0.05, 0.1) is 0 Å². The van der Waals surface area contributed by atoms with Crippen molar-refractivity contribution in [2.24, 2.45) is 5.73 Å². The van der Waals surface area contributed by atoms with Gasteiger partial charge in [-0.2, -0.15) is 5.10 Å². The van der Waals surface area contributed by atoms with Crippen LogP contribution in [0.4, 0.5) is 0 Å². The number of nitrogens with two attached hydrogens (primary N) is 1. The van der Waals surface area contributed by atoms with E-state index < -0.39 is 5.91 Å². The summed E-state index contributed by atoms with van der Waals surface area (Å²) in [7, 11) is 0. The minimum Gasteiger partial charge on any atom is -0.455 e. The molecule has 0 radical (unpaired) electrons. The molecule has 0 spiro atoms. The molecular weight excluding hydrogens is 328 g/mol. The second kappa shape index (κ2) is 7.66. The molecule has 6 heteroatoms. The highest BCUT2D eigenvalue weighted by Crippen LogP contribution is 2.31.